The van der Waals surface area contributed by atoms with Gasteiger partial charge in [0.15, 0.2) is 0 Å². The van der Waals surface area contributed by atoms with Gasteiger partial charge >= 0.3 is 0 Å². The zero-order chi connectivity index (χ0) is 13.1. The van der Waals surface area contributed by atoms with Gasteiger partial charge in [-0.2, -0.15) is 0 Å². The van der Waals surface area contributed by atoms with Crippen molar-refractivity contribution in [2.45, 2.75) is 44.2 Å². The summed E-state index contributed by atoms with van der Waals surface area (Å²) in [6.45, 7) is 0. The van der Waals surface area contributed by atoms with Crippen molar-refractivity contribution in [1.82, 2.24) is 0 Å². The number of aliphatic hydroxyl groups is 1. The zero-order valence-corrected chi connectivity index (χ0v) is 14.7. The van der Waals surface area contributed by atoms with Crippen LogP contribution in [-0.4, -0.2) is 11.2 Å². The Hall–Kier alpha value is 0.390. The van der Waals surface area contributed by atoms with Crippen molar-refractivity contribution in [2.75, 3.05) is 0 Å². The third-order valence-corrected chi connectivity index (χ3v) is 5.71. The molecule has 2 rings (SSSR count). The summed E-state index contributed by atoms with van der Waals surface area (Å²) in [5.41, 5.74) is 7.19. The van der Waals surface area contributed by atoms with E-state index in [1.54, 1.807) is 0 Å². The molecule has 0 radical (unpaired) electrons. The highest BCUT2D eigenvalue weighted by molar-refractivity contribution is 9.13. The summed E-state index contributed by atoms with van der Waals surface area (Å²) < 4.78 is 1.98. The first-order valence-electron chi connectivity index (χ1n) is 6.48. The standard InChI is InChI=1S/C14H19Br2NO.ClH/c15-11-7-6-10(8-12(11)16)13(17)14(18)9-4-2-1-3-5-9;/h6-9,13-14,18H,1-5,17H2;1H/t13-,14+;/m0./s1. The molecule has 19 heavy (non-hydrogen) atoms. The monoisotopic (exact) mass is 411 g/mol. The van der Waals surface area contributed by atoms with Crippen LogP contribution in [0.4, 0.5) is 0 Å². The van der Waals surface area contributed by atoms with Crippen LogP contribution >= 0.6 is 44.3 Å². The number of hydrogen-bond donors (Lipinski definition) is 2. The number of halogens is 3. The van der Waals surface area contributed by atoms with E-state index < -0.39 is 6.10 Å². The van der Waals surface area contributed by atoms with Crippen LogP contribution in [0, 0.1) is 5.92 Å². The molecule has 0 unspecified atom stereocenters. The van der Waals surface area contributed by atoms with Crippen LogP contribution < -0.4 is 5.73 Å². The lowest BCUT2D eigenvalue weighted by molar-refractivity contribution is 0.0618. The van der Waals surface area contributed by atoms with Gasteiger partial charge in [0, 0.05) is 8.95 Å². The largest absolute Gasteiger partial charge is 0.391 e. The second-order valence-corrected chi connectivity index (χ2v) is 6.80. The summed E-state index contributed by atoms with van der Waals surface area (Å²) in [6, 6.07) is 5.64. The van der Waals surface area contributed by atoms with Crippen molar-refractivity contribution in [3.05, 3.63) is 32.7 Å². The van der Waals surface area contributed by atoms with E-state index in [1.807, 2.05) is 18.2 Å². The van der Waals surface area contributed by atoms with Crippen LogP contribution in [0.25, 0.3) is 0 Å². The summed E-state index contributed by atoms with van der Waals surface area (Å²) in [5, 5.41) is 10.4. The normalized spacial score (nSPS) is 19.6. The van der Waals surface area contributed by atoms with E-state index in [1.165, 1.54) is 19.3 Å². The molecule has 1 fully saturated rings. The van der Waals surface area contributed by atoms with E-state index in [2.05, 4.69) is 31.9 Å². The predicted molar refractivity (Wildman–Crippen MR) is 88.6 cm³/mol. The molecule has 0 heterocycles. The summed E-state index contributed by atoms with van der Waals surface area (Å²) in [6.07, 6.45) is 5.51. The van der Waals surface area contributed by atoms with Crippen molar-refractivity contribution in [3.8, 4) is 0 Å². The molecule has 108 valence electrons. The number of rotatable bonds is 3. The number of hydrogen-bond acceptors (Lipinski definition) is 2. The Labute approximate surface area is 137 Å². The Morgan fingerprint density at radius 1 is 1.11 bits per heavy atom. The molecule has 3 N–H and O–H groups in total. The Balaban J connectivity index is 0.00000180. The first-order valence-corrected chi connectivity index (χ1v) is 8.07. The quantitative estimate of drug-likeness (QED) is 0.762. The van der Waals surface area contributed by atoms with Crippen LogP contribution in [0.3, 0.4) is 0 Å². The van der Waals surface area contributed by atoms with Crippen LogP contribution in [0.15, 0.2) is 27.1 Å². The smallest absolute Gasteiger partial charge is 0.0760 e. The van der Waals surface area contributed by atoms with Crippen molar-refractivity contribution < 1.29 is 5.11 Å². The minimum Gasteiger partial charge on any atom is -0.391 e. The molecule has 1 saturated carbocycles. The fraction of sp³-hybridized carbons (Fsp3) is 0.571. The van der Waals surface area contributed by atoms with E-state index in [9.17, 15) is 5.11 Å². The van der Waals surface area contributed by atoms with Gasteiger partial charge in [-0.25, -0.2) is 0 Å². The number of nitrogens with two attached hydrogens (primary N) is 1. The Bertz CT molecular complexity index is 410. The molecule has 0 saturated heterocycles. The average Bonchev–Trinajstić information content (AvgIpc) is 2.41. The minimum absolute atomic E-state index is 0. The SMILES string of the molecule is Cl.N[C@@H](c1ccc(Br)c(Br)c1)[C@H](O)C1CCCCC1. The van der Waals surface area contributed by atoms with E-state index in [0.29, 0.717) is 5.92 Å². The van der Waals surface area contributed by atoms with Crippen molar-refractivity contribution in [2.24, 2.45) is 11.7 Å². The van der Waals surface area contributed by atoms with Gasteiger partial charge in [0.05, 0.1) is 12.1 Å². The number of aliphatic hydroxyl groups excluding tert-OH is 1. The van der Waals surface area contributed by atoms with Crippen LogP contribution in [-0.2, 0) is 0 Å². The summed E-state index contributed by atoms with van der Waals surface area (Å²) in [5.74, 6) is 0.358. The predicted octanol–water partition coefficient (Wildman–Crippen LogP) is 4.57. The third kappa shape index (κ3) is 4.43. The van der Waals surface area contributed by atoms with E-state index in [4.69, 9.17) is 5.73 Å². The van der Waals surface area contributed by atoms with Gasteiger partial charge in [-0.3, -0.25) is 0 Å². The molecule has 1 aromatic carbocycles. The maximum absolute atomic E-state index is 10.4. The molecule has 1 aliphatic rings. The molecular formula is C14H20Br2ClNO. The fourth-order valence-electron chi connectivity index (χ4n) is 2.69. The molecule has 0 aromatic heterocycles. The molecule has 5 heteroatoms. The van der Waals surface area contributed by atoms with Gasteiger partial charge in [0.1, 0.15) is 0 Å². The van der Waals surface area contributed by atoms with Crippen LogP contribution in [0.5, 0.6) is 0 Å². The van der Waals surface area contributed by atoms with Crippen molar-refractivity contribution in [1.29, 1.82) is 0 Å². The molecule has 1 aromatic rings. The van der Waals surface area contributed by atoms with Gasteiger partial charge in [-0.1, -0.05) is 25.3 Å². The van der Waals surface area contributed by atoms with Crippen LogP contribution in [0.1, 0.15) is 43.7 Å². The second-order valence-electron chi connectivity index (χ2n) is 5.09. The summed E-state index contributed by atoms with van der Waals surface area (Å²) >= 11 is 6.92. The molecule has 0 aliphatic heterocycles. The highest BCUT2D eigenvalue weighted by Gasteiger charge is 2.27. The second kappa shape index (κ2) is 7.99. The highest BCUT2D eigenvalue weighted by Crippen LogP contribution is 2.33. The van der Waals surface area contributed by atoms with Gasteiger partial charge in [-0.15, -0.1) is 12.4 Å². The van der Waals surface area contributed by atoms with Crippen molar-refractivity contribution in [3.63, 3.8) is 0 Å². The van der Waals surface area contributed by atoms with Gasteiger partial charge in [0.2, 0.25) is 0 Å². The molecular weight excluding hydrogens is 393 g/mol. The zero-order valence-electron chi connectivity index (χ0n) is 10.7. The van der Waals surface area contributed by atoms with Crippen molar-refractivity contribution >= 4 is 44.3 Å². The van der Waals surface area contributed by atoms with Gasteiger partial charge in [-0.05, 0) is 68.3 Å². The Morgan fingerprint density at radius 2 is 1.74 bits per heavy atom. The Morgan fingerprint density at radius 3 is 2.32 bits per heavy atom. The summed E-state index contributed by atoms with van der Waals surface area (Å²) in [7, 11) is 0. The highest BCUT2D eigenvalue weighted by atomic mass is 79.9. The average molecular weight is 414 g/mol. The molecule has 0 spiro atoms. The molecule has 1 aliphatic carbocycles. The summed E-state index contributed by atoms with van der Waals surface area (Å²) in [4.78, 5) is 0. The first-order chi connectivity index (χ1) is 8.59. The van der Waals surface area contributed by atoms with E-state index in [-0.39, 0.29) is 18.4 Å². The number of benzene rings is 1. The fourth-order valence-corrected chi connectivity index (χ4v) is 3.33. The van der Waals surface area contributed by atoms with Gasteiger partial charge < -0.3 is 10.8 Å². The lowest BCUT2D eigenvalue weighted by Gasteiger charge is -2.30. The van der Waals surface area contributed by atoms with Crippen LogP contribution in [0.2, 0.25) is 0 Å². The third-order valence-electron chi connectivity index (χ3n) is 3.83. The topological polar surface area (TPSA) is 46.2 Å². The molecule has 0 amide bonds. The lowest BCUT2D eigenvalue weighted by Crippen LogP contribution is -2.34. The first kappa shape index (κ1) is 17.4. The Kier molecular flexibility index (Phi) is 7.33. The molecule has 2 nitrogen and oxygen atoms in total. The van der Waals surface area contributed by atoms with E-state index >= 15 is 0 Å². The van der Waals surface area contributed by atoms with E-state index in [0.717, 1.165) is 27.4 Å². The molecule has 2 atom stereocenters. The van der Waals surface area contributed by atoms with Gasteiger partial charge in [0.25, 0.3) is 0 Å². The molecule has 0 bridgehead atoms. The minimum atomic E-state index is -0.432. The maximum Gasteiger partial charge on any atom is 0.0760 e. The lowest BCUT2D eigenvalue weighted by atomic mass is 9.81. The maximum atomic E-state index is 10.4.